The van der Waals surface area contributed by atoms with Crippen LogP contribution in [-0.4, -0.2) is 61.7 Å². The van der Waals surface area contributed by atoms with Gasteiger partial charge in [-0.15, -0.1) is 0 Å². The SMILES string of the molecule is CC(C)Oc1ccc(S(N)(=O)=O)cc1N=C(N)SC=Cc1ccc(C(=O)N2CCNCC2)nc1. The number of aromatic nitrogens is 1. The fraction of sp³-hybridized carbons (Fsp3) is 0.318. The van der Waals surface area contributed by atoms with Crippen molar-refractivity contribution in [3.63, 3.8) is 0 Å². The molecule has 0 radical (unpaired) electrons. The van der Waals surface area contributed by atoms with Gasteiger partial charge in [-0.25, -0.2) is 18.5 Å². The molecule has 0 aliphatic carbocycles. The average Bonchev–Trinajstić information content (AvgIpc) is 2.80. The predicted molar refractivity (Wildman–Crippen MR) is 134 cm³/mol. The monoisotopic (exact) mass is 504 g/mol. The molecule has 3 rings (SSSR count). The van der Waals surface area contributed by atoms with Gasteiger partial charge in [0.15, 0.2) is 5.17 Å². The minimum absolute atomic E-state index is 0.0797. The molecular weight excluding hydrogens is 476 g/mol. The van der Waals surface area contributed by atoms with Crippen molar-refractivity contribution in [3.8, 4) is 5.75 Å². The zero-order valence-corrected chi connectivity index (χ0v) is 20.6. The lowest BCUT2D eigenvalue weighted by atomic mass is 10.2. The molecule has 1 aromatic carbocycles. The number of nitrogens with two attached hydrogens (primary N) is 2. The summed E-state index contributed by atoms with van der Waals surface area (Å²) in [5, 5.41) is 10.3. The van der Waals surface area contributed by atoms with Crippen molar-refractivity contribution >= 4 is 44.6 Å². The minimum Gasteiger partial charge on any atom is -0.489 e. The topological polar surface area (TPSA) is 153 Å². The Kier molecular flexibility index (Phi) is 8.67. The van der Waals surface area contributed by atoms with Gasteiger partial charge in [-0.1, -0.05) is 17.8 Å². The molecule has 1 aromatic heterocycles. The number of amidine groups is 1. The first-order chi connectivity index (χ1) is 16.1. The normalized spacial score (nSPS) is 15.2. The molecule has 1 fully saturated rings. The van der Waals surface area contributed by atoms with E-state index >= 15 is 0 Å². The van der Waals surface area contributed by atoms with E-state index in [1.54, 1.807) is 34.7 Å². The number of ether oxygens (including phenoxy) is 1. The van der Waals surface area contributed by atoms with Crippen LogP contribution in [0.15, 0.2) is 51.8 Å². The molecule has 12 heteroatoms. The molecule has 1 saturated heterocycles. The highest BCUT2D eigenvalue weighted by Gasteiger charge is 2.18. The van der Waals surface area contributed by atoms with E-state index in [1.807, 2.05) is 13.8 Å². The van der Waals surface area contributed by atoms with Crippen molar-refractivity contribution in [2.45, 2.75) is 24.8 Å². The summed E-state index contributed by atoms with van der Waals surface area (Å²) in [6, 6.07) is 7.68. The number of nitrogens with zero attached hydrogens (tertiary/aromatic N) is 3. The van der Waals surface area contributed by atoms with Gasteiger partial charge in [0.05, 0.1) is 11.0 Å². The number of thioether (sulfide) groups is 1. The molecule has 0 saturated carbocycles. The Morgan fingerprint density at radius 2 is 2.00 bits per heavy atom. The van der Waals surface area contributed by atoms with Gasteiger partial charge in [0, 0.05) is 32.4 Å². The van der Waals surface area contributed by atoms with Gasteiger partial charge in [-0.3, -0.25) is 9.78 Å². The summed E-state index contributed by atoms with van der Waals surface area (Å²) >= 11 is 1.14. The summed E-state index contributed by atoms with van der Waals surface area (Å²) in [5.74, 6) is 0.313. The van der Waals surface area contributed by atoms with Crippen LogP contribution in [0.2, 0.25) is 0 Å². The second-order valence-corrected chi connectivity index (χ2v) is 10.2. The Balaban J connectivity index is 1.68. The lowest BCUT2D eigenvalue weighted by Gasteiger charge is -2.27. The van der Waals surface area contributed by atoms with Crippen LogP contribution in [0.5, 0.6) is 5.75 Å². The van der Waals surface area contributed by atoms with Crippen LogP contribution in [0.3, 0.4) is 0 Å². The highest BCUT2D eigenvalue weighted by atomic mass is 32.2. The molecule has 1 aliphatic rings. The summed E-state index contributed by atoms with van der Waals surface area (Å²) in [5.41, 5.74) is 7.48. The number of carbonyl (C=O) groups is 1. The quantitative estimate of drug-likeness (QED) is 0.382. The number of pyridine rings is 1. The Labute approximate surface area is 203 Å². The van der Waals surface area contributed by atoms with E-state index in [0.717, 1.165) is 30.4 Å². The molecule has 182 valence electrons. The van der Waals surface area contributed by atoms with Crippen LogP contribution >= 0.6 is 11.8 Å². The van der Waals surface area contributed by atoms with Crippen LogP contribution < -0.4 is 20.9 Å². The summed E-state index contributed by atoms with van der Waals surface area (Å²) in [4.78, 5) is 22.8. The van der Waals surface area contributed by atoms with Crippen LogP contribution in [-0.2, 0) is 10.0 Å². The average molecular weight is 505 g/mol. The largest absolute Gasteiger partial charge is 0.489 e. The van der Waals surface area contributed by atoms with Crippen LogP contribution in [0, 0.1) is 0 Å². The maximum Gasteiger partial charge on any atom is 0.272 e. The summed E-state index contributed by atoms with van der Waals surface area (Å²) in [6.45, 7) is 6.59. The second-order valence-electron chi connectivity index (χ2n) is 7.73. The molecule has 0 atom stereocenters. The number of hydrogen-bond donors (Lipinski definition) is 3. The number of aliphatic imine (C=N–C) groups is 1. The summed E-state index contributed by atoms with van der Waals surface area (Å²) < 4.78 is 29.1. The smallest absolute Gasteiger partial charge is 0.272 e. The zero-order chi connectivity index (χ0) is 24.7. The lowest BCUT2D eigenvalue weighted by Crippen LogP contribution is -2.46. The fourth-order valence-electron chi connectivity index (χ4n) is 3.10. The minimum atomic E-state index is -3.90. The van der Waals surface area contributed by atoms with Gasteiger partial charge >= 0.3 is 0 Å². The van der Waals surface area contributed by atoms with E-state index in [0.29, 0.717) is 24.5 Å². The molecule has 5 N–H and O–H groups in total. The highest BCUT2D eigenvalue weighted by Crippen LogP contribution is 2.31. The van der Waals surface area contributed by atoms with Crippen molar-refractivity contribution in [2.75, 3.05) is 26.2 Å². The molecule has 0 unspecified atom stereocenters. The standard InChI is InChI=1S/C22H28N6O4S2/c1-15(2)32-20-6-4-17(34(24,30)31)13-19(20)27-22(23)33-12-7-16-3-5-18(26-14-16)21(29)28-10-8-25-9-11-28/h3-7,12-15,25H,8-11H2,1-2H3,(H2,23,27)(H2,24,30,31). The van der Waals surface area contributed by atoms with Gasteiger partial charge in [0.25, 0.3) is 5.91 Å². The molecular formula is C22H28N6O4S2. The first-order valence-corrected chi connectivity index (χ1v) is 13.0. The number of nitrogens with one attached hydrogen (secondary N) is 1. The van der Waals surface area contributed by atoms with Crippen LogP contribution in [0.1, 0.15) is 29.9 Å². The van der Waals surface area contributed by atoms with Gasteiger partial charge in [0.2, 0.25) is 10.0 Å². The second kappa shape index (κ2) is 11.5. The maximum atomic E-state index is 12.5. The maximum absolute atomic E-state index is 12.5. The lowest BCUT2D eigenvalue weighted by molar-refractivity contribution is 0.0730. The van der Waals surface area contributed by atoms with E-state index in [2.05, 4.69) is 15.3 Å². The number of rotatable bonds is 7. The van der Waals surface area contributed by atoms with Crippen LogP contribution in [0.25, 0.3) is 6.08 Å². The molecule has 2 aromatic rings. The van der Waals surface area contributed by atoms with Crippen molar-refractivity contribution in [3.05, 3.63) is 53.2 Å². The molecule has 0 bridgehead atoms. The molecule has 2 heterocycles. The van der Waals surface area contributed by atoms with Gasteiger partial charge in [-0.05, 0) is 55.2 Å². The first kappa shape index (κ1) is 25.7. The number of sulfonamides is 1. The first-order valence-electron chi connectivity index (χ1n) is 10.6. The van der Waals surface area contributed by atoms with Crippen molar-refractivity contribution < 1.29 is 17.9 Å². The van der Waals surface area contributed by atoms with E-state index in [4.69, 9.17) is 15.6 Å². The third kappa shape index (κ3) is 7.29. The van der Waals surface area contributed by atoms with Crippen LogP contribution in [0.4, 0.5) is 5.69 Å². The van der Waals surface area contributed by atoms with Crippen molar-refractivity contribution in [1.29, 1.82) is 0 Å². The Hall–Kier alpha value is -2.93. The summed E-state index contributed by atoms with van der Waals surface area (Å²) in [7, 11) is -3.90. The molecule has 1 aliphatic heterocycles. The Morgan fingerprint density at radius 3 is 2.62 bits per heavy atom. The molecule has 1 amide bonds. The van der Waals surface area contributed by atoms with Crippen molar-refractivity contribution in [2.24, 2.45) is 15.9 Å². The highest BCUT2D eigenvalue weighted by molar-refractivity contribution is 8.16. The molecule has 10 nitrogen and oxygen atoms in total. The molecule has 0 spiro atoms. The zero-order valence-electron chi connectivity index (χ0n) is 19.0. The third-order valence-electron chi connectivity index (χ3n) is 4.71. The third-order valence-corrected chi connectivity index (χ3v) is 6.23. The number of benzene rings is 1. The number of hydrogen-bond acceptors (Lipinski definition) is 8. The fourth-order valence-corrected chi connectivity index (χ4v) is 4.15. The number of amides is 1. The molecule has 34 heavy (non-hydrogen) atoms. The van der Waals surface area contributed by atoms with E-state index in [9.17, 15) is 13.2 Å². The number of primary sulfonamides is 1. The summed E-state index contributed by atoms with van der Waals surface area (Å²) in [6.07, 6.45) is 3.26. The van der Waals surface area contributed by atoms with Crippen molar-refractivity contribution in [1.82, 2.24) is 15.2 Å². The van der Waals surface area contributed by atoms with E-state index < -0.39 is 10.0 Å². The van der Waals surface area contributed by atoms with Gasteiger partial charge < -0.3 is 20.7 Å². The predicted octanol–water partition coefficient (Wildman–Crippen LogP) is 1.91. The number of carbonyl (C=O) groups excluding carboxylic acids is 1. The Bertz CT molecular complexity index is 1170. The van der Waals surface area contributed by atoms with Gasteiger partial charge in [0.1, 0.15) is 17.1 Å². The van der Waals surface area contributed by atoms with E-state index in [-0.39, 0.29) is 27.8 Å². The van der Waals surface area contributed by atoms with E-state index in [1.165, 1.54) is 18.2 Å². The number of piperazine rings is 1. The Morgan fingerprint density at radius 1 is 1.26 bits per heavy atom. The van der Waals surface area contributed by atoms with Gasteiger partial charge in [-0.2, -0.15) is 0 Å².